The Balaban J connectivity index is 2.33. The van der Waals surface area contributed by atoms with Gasteiger partial charge in [0.1, 0.15) is 5.82 Å². The van der Waals surface area contributed by atoms with Gasteiger partial charge in [0.15, 0.2) is 0 Å². The van der Waals surface area contributed by atoms with E-state index in [2.05, 4.69) is 4.72 Å². The maximum Gasteiger partial charge on any atom is 0.337 e. The number of carbonyl (C=O) groups is 1. The molecule has 2 rings (SSSR count). The predicted octanol–water partition coefficient (Wildman–Crippen LogP) is 2.79. The van der Waals surface area contributed by atoms with Gasteiger partial charge in [-0.15, -0.1) is 0 Å². The normalized spacial score (nSPS) is 16.9. The maximum atomic E-state index is 13.6. The third kappa shape index (κ3) is 3.72. The van der Waals surface area contributed by atoms with E-state index in [0.29, 0.717) is 0 Å². The van der Waals surface area contributed by atoms with Crippen LogP contribution in [0.25, 0.3) is 0 Å². The molecule has 0 spiro atoms. The summed E-state index contributed by atoms with van der Waals surface area (Å²) in [5, 5.41) is 8.34. The van der Waals surface area contributed by atoms with Crippen LogP contribution in [0.3, 0.4) is 0 Å². The van der Waals surface area contributed by atoms with Crippen molar-refractivity contribution in [2.75, 3.05) is 0 Å². The number of sulfonamides is 1. The zero-order valence-corrected chi connectivity index (χ0v) is 12.7. The van der Waals surface area contributed by atoms with Crippen LogP contribution >= 0.6 is 11.6 Å². The van der Waals surface area contributed by atoms with Gasteiger partial charge in [0.05, 0.1) is 15.5 Å². The summed E-state index contributed by atoms with van der Waals surface area (Å²) in [4.78, 5) is 10.6. The number of rotatable bonds is 4. The van der Waals surface area contributed by atoms with E-state index in [0.717, 1.165) is 44.2 Å². The highest BCUT2D eigenvalue weighted by Gasteiger charge is 2.25. The summed E-state index contributed by atoms with van der Waals surface area (Å²) in [6.07, 6.45) is 4.38. The lowest BCUT2D eigenvalue weighted by Gasteiger charge is -2.22. The van der Waals surface area contributed by atoms with Gasteiger partial charge in [0.25, 0.3) is 0 Å². The van der Waals surface area contributed by atoms with Crippen LogP contribution in [0.15, 0.2) is 17.0 Å². The third-order valence-corrected chi connectivity index (χ3v) is 5.35. The molecule has 0 amide bonds. The number of hydrogen-bond acceptors (Lipinski definition) is 3. The Hall–Kier alpha value is -1.18. The molecular formula is C13H15ClFNO4S. The van der Waals surface area contributed by atoms with Crippen LogP contribution in [0.2, 0.25) is 5.02 Å². The van der Waals surface area contributed by atoms with Crippen molar-refractivity contribution in [3.63, 3.8) is 0 Å². The molecule has 0 bridgehead atoms. The number of aromatic carboxylic acids is 1. The van der Waals surface area contributed by atoms with Crippen molar-refractivity contribution in [3.8, 4) is 0 Å². The number of hydrogen-bond donors (Lipinski definition) is 2. The fourth-order valence-corrected chi connectivity index (χ4v) is 3.92. The molecular weight excluding hydrogens is 321 g/mol. The lowest BCUT2D eigenvalue weighted by molar-refractivity contribution is 0.0696. The second-order valence-corrected chi connectivity index (χ2v) is 7.12. The summed E-state index contributed by atoms with van der Waals surface area (Å²) in [5.74, 6) is -2.55. The lowest BCUT2D eigenvalue weighted by Crippen LogP contribution is -2.36. The first-order chi connectivity index (χ1) is 9.81. The maximum absolute atomic E-state index is 13.6. The molecule has 1 aliphatic rings. The molecule has 0 heterocycles. The summed E-state index contributed by atoms with van der Waals surface area (Å²) in [6, 6.07) is 1.41. The van der Waals surface area contributed by atoms with E-state index in [-0.39, 0.29) is 6.04 Å². The smallest absolute Gasteiger partial charge is 0.337 e. The van der Waals surface area contributed by atoms with Gasteiger partial charge in [-0.2, -0.15) is 0 Å². The highest BCUT2D eigenvalue weighted by molar-refractivity contribution is 7.89. The van der Waals surface area contributed by atoms with Crippen molar-refractivity contribution in [2.45, 2.75) is 43.0 Å². The van der Waals surface area contributed by atoms with E-state index in [1.807, 2.05) is 0 Å². The van der Waals surface area contributed by atoms with Crippen molar-refractivity contribution in [3.05, 3.63) is 28.5 Å². The molecule has 0 aromatic heterocycles. The number of nitrogens with one attached hydrogen (secondary N) is 1. The number of carboxylic acids is 1. The van der Waals surface area contributed by atoms with E-state index in [1.54, 1.807) is 0 Å². The van der Waals surface area contributed by atoms with Crippen molar-refractivity contribution in [1.82, 2.24) is 4.72 Å². The Morgan fingerprint density at radius 3 is 2.48 bits per heavy atom. The standard InChI is InChI=1S/C13H15ClFNO4S/c14-12-10(13(17)18)6-9(7-11(12)15)21(19,20)16-8-4-2-1-3-5-8/h6-8,16H,1-5H2,(H,17,18). The molecule has 1 aromatic rings. The summed E-state index contributed by atoms with van der Waals surface area (Å²) in [7, 11) is -3.97. The first-order valence-corrected chi connectivity index (χ1v) is 8.42. The third-order valence-electron chi connectivity index (χ3n) is 3.47. The summed E-state index contributed by atoms with van der Waals surface area (Å²) >= 11 is 5.53. The minimum absolute atomic E-state index is 0.198. The Bertz CT molecular complexity index is 656. The molecule has 0 aliphatic heterocycles. The zero-order valence-electron chi connectivity index (χ0n) is 11.1. The predicted molar refractivity (Wildman–Crippen MR) is 75.6 cm³/mol. The number of benzene rings is 1. The van der Waals surface area contributed by atoms with Crippen molar-refractivity contribution in [2.24, 2.45) is 0 Å². The average Bonchev–Trinajstić information content (AvgIpc) is 2.41. The molecule has 1 fully saturated rings. The highest BCUT2D eigenvalue weighted by atomic mass is 35.5. The van der Waals surface area contributed by atoms with Crippen LogP contribution in [0.4, 0.5) is 4.39 Å². The van der Waals surface area contributed by atoms with Gasteiger partial charge in [-0.1, -0.05) is 30.9 Å². The van der Waals surface area contributed by atoms with Crippen molar-refractivity contribution in [1.29, 1.82) is 0 Å². The zero-order chi connectivity index (χ0) is 15.6. The second-order valence-electron chi connectivity index (χ2n) is 5.03. The van der Waals surface area contributed by atoms with Crippen LogP contribution in [-0.2, 0) is 10.0 Å². The molecule has 116 valence electrons. The fourth-order valence-electron chi connectivity index (χ4n) is 2.38. The first-order valence-electron chi connectivity index (χ1n) is 6.56. The number of carboxylic acid groups (broad SMARTS) is 1. The van der Waals surface area contributed by atoms with Gasteiger partial charge in [0.2, 0.25) is 10.0 Å². The molecule has 0 atom stereocenters. The molecule has 0 radical (unpaired) electrons. The van der Waals surface area contributed by atoms with Crippen LogP contribution in [-0.4, -0.2) is 25.5 Å². The summed E-state index contributed by atoms with van der Waals surface area (Å²) in [5.41, 5.74) is -0.569. The molecule has 8 heteroatoms. The Kier molecular flexibility index (Phi) is 4.85. The van der Waals surface area contributed by atoms with Crippen LogP contribution in [0.5, 0.6) is 0 Å². The van der Waals surface area contributed by atoms with Crippen LogP contribution in [0.1, 0.15) is 42.5 Å². The monoisotopic (exact) mass is 335 g/mol. The van der Waals surface area contributed by atoms with E-state index in [4.69, 9.17) is 16.7 Å². The van der Waals surface area contributed by atoms with Gasteiger partial charge in [0, 0.05) is 6.04 Å². The Morgan fingerprint density at radius 2 is 1.90 bits per heavy atom. The summed E-state index contributed by atoms with van der Waals surface area (Å²) in [6.45, 7) is 0. The van der Waals surface area contributed by atoms with Gasteiger partial charge in [-0.3, -0.25) is 0 Å². The Morgan fingerprint density at radius 1 is 1.29 bits per heavy atom. The molecule has 0 saturated heterocycles. The molecule has 1 aliphatic carbocycles. The SMILES string of the molecule is O=C(O)c1cc(S(=O)(=O)NC2CCCCC2)cc(F)c1Cl. The van der Waals surface area contributed by atoms with Crippen molar-refractivity contribution >= 4 is 27.6 Å². The molecule has 1 saturated carbocycles. The molecule has 21 heavy (non-hydrogen) atoms. The minimum atomic E-state index is -3.97. The van der Waals surface area contributed by atoms with Gasteiger partial charge >= 0.3 is 5.97 Å². The van der Waals surface area contributed by atoms with Gasteiger partial charge < -0.3 is 5.11 Å². The fraction of sp³-hybridized carbons (Fsp3) is 0.462. The first kappa shape index (κ1) is 16.2. The van der Waals surface area contributed by atoms with Crippen LogP contribution in [0, 0.1) is 5.82 Å². The minimum Gasteiger partial charge on any atom is -0.478 e. The molecule has 5 nitrogen and oxygen atoms in total. The quantitative estimate of drug-likeness (QED) is 0.886. The average molecular weight is 336 g/mol. The topological polar surface area (TPSA) is 83.5 Å². The lowest BCUT2D eigenvalue weighted by atomic mass is 9.96. The van der Waals surface area contributed by atoms with Crippen molar-refractivity contribution < 1.29 is 22.7 Å². The van der Waals surface area contributed by atoms with Gasteiger partial charge in [-0.05, 0) is 25.0 Å². The highest BCUT2D eigenvalue weighted by Crippen LogP contribution is 2.26. The molecule has 2 N–H and O–H groups in total. The molecule has 1 aromatic carbocycles. The largest absolute Gasteiger partial charge is 0.478 e. The van der Waals surface area contributed by atoms with E-state index in [1.165, 1.54) is 0 Å². The Labute approximate surface area is 127 Å². The molecule has 0 unspecified atom stereocenters. The van der Waals surface area contributed by atoms with E-state index >= 15 is 0 Å². The van der Waals surface area contributed by atoms with Crippen LogP contribution < -0.4 is 4.72 Å². The van der Waals surface area contributed by atoms with E-state index in [9.17, 15) is 17.6 Å². The van der Waals surface area contributed by atoms with E-state index < -0.39 is 37.3 Å². The summed E-state index contributed by atoms with van der Waals surface area (Å²) < 4.78 is 40.6. The van der Waals surface area contributed by atoms with Gasteiger partial charge in [-0.25, -0.2) is 22.3 Å². The second kappa shape index (κ2) is 6.29. The number of halogens is 2.